The number of alkyl halides is 3. The van der Waals surface area contributed by atoms with Crippen molar-refractivity contribution in [1.82, 2.24) is 5.32 Å². The first-order valence-electron chi connectivity index (χ1n) is 6.64. The summed E-state index contributed by atoms with van der Waals surface area (Å²) in [7, 11) is 1.58. The number of nitrogens with one attached hydrogen (secondary N) is 1. The van der Waals surface area contributed by atoms with E-state index >= 15 is 0 Å². The molecule has 0 aliphatic heterocycles. The molecule has 21 heavy (non-hydrogen) atoms. The molecule has 0 spiro atoms. The molecule has 0 saturated carbocycles. The highest BCUT2D eigenvalue weighted by molar-refractivity contribution is 5.58. The van der Waals surface area contributed by atoms with E-state index in [0.717, 1.165) is 17.7 Å². The van der Waals surface area contributed by atoms with Crippen LogP contribution in [0.2, 0.25) is 0 Å². The maximum Gasteiger partial charge on any atom is 0.417 e. The number of methoxy groups -OCH3 is 1. The smallest absolute Gasteiger partial charge is 0.383 e. The molecule has 0 heterocycles. The maximum absolute atomic E-state index is 13.0. The lowest BCUT2D eigenvalue weighted by atomic mass is 10.0. The lowest BCUT2D eigenvalue weighted by Crippen LogP contribution is -2.21. The molecular formula is C15H19F4NO. The SMILES string of the molecule is CC/C(=C/c1ccc(F)cc1C(F)(F)F)CNCCOC. The van der Waals surface area contributed by atoms with E-state index in [2.05, 4.69) is 5.32 Å². The van der Waals surface area contributed by atoms with E-state index in [9.17, 15) is 17.6 Å². The summed E-state index contributed by atoms with van der Waals surface area (Å²) in [6, 6.07) is 2.72. The Hall–Kier alpha value is -1.40. The van der Waals surface area contributed by atoms with Crippen molar-refractivity contribution >= 4 is 6.08 Å². The number of halogens is 4. The van der Waals surface area contributed by atoms with Crippen molar-refractivity contribution in [3.05, 3.63) is 40.7 Å². The highest BCUT2D eigenvalue weighted by atomic mass is 19.4. The van der Waals surface area contributed by atoms with Crippen LogP contribution in [0.1, 0.15) is 24.5 Å². The van der Waals surface area contributed by atoms with Gasteiger partial charge in [0.1, 0.15) is 5.82 Å². The van der Waals surface area contributed by atoms with Crippen LogP contribution in [-0.4, -0.2) is 26.8 Å². The van der Waals surface area contributed by atoms with Gasteiger partial charge >= 0.3 is 6.18 Å². The Kier molecular flexibility index (Phi) is 6.84. The van der Waals surface area contributed by atoms with Gasteiger partial charge in [-0.1, -0.05) is 24.6 Å². The van der Waals surface area contributed by atoms with Crippen molar-refractivity contribution in [2.75, 3.05) is 26.8 Å². The van der Waals surface area contributed by atoms with Crippen molar-refractivity contribution in [1.29, 1.82) is 0 Å². The monoisotopic (exact) mass is 305 g/mol. The summed E-state index contributed by atoms with van der Waals surface area (Å²) in [5, 5.41) is 3.08. The van der Waals surface area contributed by atoms with Gasteiger partial charge in [-0.3, -0.25) is 0 Å². The number of hydrogen-bond donors (Lipinski definition) is 1. The van der Waals surface area contributed by atoms with Gasteiger partial charge in [0.15, 0.2) is 0 Å². The van der Waals surface area contributed by atoms with Crippen LogP contribution in [-0.2, 0) is 10.9 Å². The zero-order chi connectivity index (χ0) is 15.9. The van der Waals surface area contributed by atoms with Crippen LogP contribution in [0.15, 0.2) is 23.8 Å². The standard InChI is InChI=1S/C15H19F4NO/c1-3-11(10-20-6-7-21-2)8-12-4-5-13(16)9-14(12)15(17,18)19/h4-5,8-9,20H,3,6-7,10H2,1-2H3/b11-8-. The van der Waals surface area contributed by atoms with Crippen LogP contribution in [0.25, 0.3) is 6.08 Å². The molecule has 0 atom stereocenters. The minimum Gasteiger partial charge on any atom is -0.383 e. The second-order valence-electron chi connectivity index (χ2n) is 4.56. The van der Waals surface area contributed by atoms with Gasteiger partial charge in [-0.15, -0.1) is 0 Å². The van der Waals surface area contributed by atoms with Crippen LogP contribution >= 0.6 is 0 Å². The van der Waals surface area contributed by atoms with Gasteiger partial charge < -0.3 is 10.1 Å². The minimum atomic E-state index is -4.57. The first-order chi connectivity index (χ1) is 9.88. The summed E-state index contributed by atoms with van der Waals surface area (Å²) in [5.41, 5.74) is -0.164. The molecular weight excluding hydrogens is 286 g/mol. The van der Waals surface area contributed by atoms with Crippen LogP contribution < -0.4 is 5.32 Å². The normalized spacial score (nSPS) is 12.8. The van der Waals surface area contributed by atoms with Crippen molar-refractivity contribution in [3.8, 4) is 0 Å². The number of hydrogen-bond acceptors (Lipinski definition) is 2. The lowest BCUT2D eigenvalue weighted by Gasteiger charge is -2.12. The highest BCUT2D eigenvalue weighted by Crippen LogP contribution is 2.33. The van der Waals surface area contributed by atoms with E-state index in [-0.39, 0.29) is 5.56 Å². The summed E-state index contributed by atoms with van der Waals surface area (Å²) >= 11 is 0. The molecule has 0 aliphatic rings. The molecule has 118 valence electrons. The summed E-state index contributed by atoms with van der Waals surface area (Å²) in [6.07, 6.45) is -2.51. The molecule has 0 amide bonds. The van der Waals surface area contributed by atoms with E-state index in [0.29, 0.717) is 32.2 Å². The van der Waals surface area contributed by atoms with Crippen LogP contribution in [0, 0.1) is 5.82 Å². The fraction of sp³-hybridized carbons (Fsp3) is 0.467. The highest BCUT2D eigenvalue weighted by Gasteiger charge is 2.33. The summed E-state index contributed by atoms with van der Waals surface area (Å²) < 4.78 is 56.6. The quantitative estimate of drug-likeness (QED) is 0.610. The van der Waals surface area contributed by atoms with Gasteiger partial charge in [-0.25, -0.2) is 4.39 Å². The van der Waals surface area contributed by atoms with Gasteiger partial charge in [0.25, 0.3) is 0 Å². The third kappa shape index (κ3) is 5.85. The molecule has 0 aromatic heterocycles. The van der Waals surface area contributed by atoms with E-state index in [4.69, 9.17) is 4.74 Å². The van der Waals surface area contributed by atoms with Crippen LogP contribution in [0.5, 0.6) is 0 Å². The van der Waals surface area contributed by atoms with Gasteiger partial charge in [-0.2, -0.15) is 13.2 Å². The summed E-state index contributed by atoms with van der Waals surface area (Å²) in [6.45, 7) is 3.47. The second-order valence-corrected chi connectivity index (χ2v) is 4.56. The third-order valence-electron chi connectivity index (χ3n) is 2.97. The predicted octanol–water partition coefficient (Wildman–Crippen LogP) is 3.87. The van der Waals surface area contributed by atoms with Crippen molar-refractivity contribution < 1.29 is 22.3 Å². The topological polar surface area (TPSA) is 21.3 Å². The molecule has 1 N–H and O–H groups in total. The van der Waals surface area contributed by atoms with Gasteiger partial charge in [-0.05, 0) is 24.1 Å². The molecule has 1 aromatic rings. The average molecular weight is 305 g/mol. The zero-order valence-electron chi connectivity index (χ0n) is 12.1. The van der Waals surface area contributed by atoms with E-state index < -0.39 is 17.6 Å². The molecule has 0 saturated heterocycles. The average Bonchev–Trinajstić information content (AvgIpc) is 2.42. The molecule has 0 aliphatic carbocycles. The first-order valence-corrected chi connectivity index (χ1v) is 6.64. The van der Waals surface area contributed by atoms with Gasteiger partial charge in [0, 0.05) is 20.2 Å². The van der Waals surface area contributed by atoms with Crippen molar-refractivity contribution in [3.63, 3.8) is 0 Å². The molecule has 0 unspecified atom stereocenters. The second kappa shape index (κ2) is 8.14. The molecule has 2 nitrogen and oxygen atoms in total. The first kappa shape index (κ1) is 17.7. The Morgan fingerprint density at radius 1 is 1.33 bits per heavy atom. The van der Waals surface area contributed by atoms with Gasteiger partial charge in [0.2, 0.25) is 0 Å². The molecule has 6 heteroatoms. The third-order valence-corrected chi connectivity index (χ3v) is 2.97. The van der Waals surface area contributed by atoms with E-state index in [1.165, 1.54) is 6.08 Å². The number of rotatable bonds is 7. The Balaban J connectivity index is 2.94. The Labute approximate surface area is 121 Å². The van der Waals surface area contributed by atoms with Crippen molar-refractivity contribution in [2.45, 2.75) is 19.5 Å². The maximum atomic E-state index is 13.0. The van der Waals surface area contributed by atoms with E-state index in [1.54, 1.807) is 7.11 Å². The number of ether oxygens (including phenoxy) is 1. The van der Waals surface area contributed by atoms with E-state index in [1.807, 2.05) is 6.92 Å². The molecule has 0 bridgehead atoms. The molecule has 0 fully saturated rings. The number of benzene rings is 1. The summed E-state index contributed by atoms with van der Waals surface area (Å²) in [5.74, 6) is -0.893. The predicted molar refractivity (Wildman–Crippen MR) is 74.4 cm³/mol. The van der Waals surface area contributed by atoms with Crippen molar-refractivity contribution in [2.24, 2.45) is 0 Å². The zero-order valence-corrected chi connectivity index (χ0v) is 12.1. The fourth-order valence-corrected chi connectivity index (χ4v) is 1.82. The summed E-state index contributed by atoms with van der Waals surface area (Å²) in [4.78, 5) is 0. The Bertz CT molecular complexity index is 483. The fourth-order valence-electron chi connectivity index (χ4n) is 1.82. The largest absolute Gasteiger partial charge is 0.417 e. The lowest BCUT2D eigenvalue weighted by molar-refractivity contribution is -0.137. The van der Waals surface area contributed by atoms with Gasteiger partial charge in [0.05, 0.1) is 12.2 Å². The molecule has 1 rings (SSSR count). The Morgan fingerprint density at radius 3 is 2.62 bits per heavy atom. The Morgan fingerprint density at radius 2 is 2.05 bits per heavy atom. The van der Waals surface area contributed by atoms with Crippen LogP contribution in [0.4, 0.5) is 17.6 Å². The molecule has 1 aromatic carbocycles. The minimum absolute atomic E-state index is 0.0192. The molecule has 0 radical (unpaired) electrons. The van der Waals surface area contributed by atoms with Crippen LogP contribution in [0.3, 0.4) is 0 Å².